The van der Waals surface area contributed by atoms with Gasteiger partial charge in [0.05, 0.1) is 0 Å². The van der Waals surface area contributed by atoms with Crippen LogP contribution in [0.4, 0.5) is 0 Å². The molecule has 0 aliphatic heterocycles. The second-order valence-electron chi connectivity index (χ2n) is 5.13. The van der Waals surface area contributed by atoms with E-state index in [0.29, 0.717) is 36.5 Å². The van der Waals surface area contributed by atoms with Gasteiger partial charge in [-0.25, -0.2) is 0 Å². The Morgan fingerprint density at radius 3 is 2.48 bits per heavy atom. The maximum Gasteiger partial charge on any atom is 0.251 e. The monoisotopic (exact) mass is 330 g/mol. The third-order valence-corrected chi connectivity index (χ3v) is 3.52. The van der Waals surface area contributed by atoms with E-state index in [1.807, 2.05) is 36.4 Å². The van der Waals surface area contributed by atoms with Crippen molar-refractivity contribution in [1.29, 1.82) is 0 Å². The molecule has 0 fully saturated rings. The average molecular weight is 331 g/mol. The molecule has 0 saturated carbocycles. The van der Waals surface area contributed by atoms with Gasteiger partial charge in [-0.1, -0.05) is 41.9 Å². The number of rotatable bonds is 7. The van der Waals surface area contributed by atoms with E-state index in [-0.39, 0.29) is 11.8 Å². The van der Waals surface area contributed by atoms with Gasteiger partial charge in [0.25, 0.3) is 5.91 Å². The van der Waals surface area contributed by atoms with E-state index in [1.165, 1.54) is 0 Å². The zero-order valence-corrected chi connectivity index (χ0v) is 13.5. The van der Waals surface area contributed by atoms with E-state index in [4.69, 9.17) is 11.6 Å². The van der Waals surface area contributed by atoms with Gasteiger partial charge in [0.1, 0.15) is 0 Å². The molecule has 2 rings (SSSR count). The zero-order chi connectivity index (χ0) is 16.5. The summed E-state index contributed by atoms with van der Waals surface area (Å²) < 4.78 is 0. The third-order valence-electron chi connectivity index (χ3n) is 3.28. The lowest BCUT2D eigenvalue weighted by Gasteiger charge is -2.07. The van der Waals surface area contributed by atoms with Gasteiger partial charge in [-0.05, 0) is 36.2 Å². The van der Waals surface area contributed by atoms with E-state index >= 15 is 0 Å². The molecule has 120 valence electrons. The smallest absolute Gasteiger partial charge is 0.251 e. The lowest BCUT2D eigenvalue weighted by Crippen LogP contribution is -2.27. The molecule has 0 aliphatic carbocycles. The molecule has 2 aromatic carbocycles. The molecule has 0 radical (unpaired) electrons. The maximum absolute atomic E-state index is 11.8. The normalized spacial score (nSPS) is 10.1. The fourth-order valence-corrected chi connectivity index (χ4v) is 2.29. The molecule has 0 atom stereocenters. The van der Waals surface area contributed by atoms with E-state index in [2.05, 4.69) is 10.6 Å². The number of amides is 2. The lowest BCUT2D eigenvalue weighted by molar-refractivity contribution is -0.121. The minimum Gasteiger partial charge on any atom is -0.352 e. The van der Waals surface area contributed by atoms with Crippen LogP contribution in [0.2, 0.25) is 5.02 Å². The second-order valence-corrected chi connectivity index (χ2v) is 5.57. The van der Waals surface area contributed by atoms with Crippen LogP contribution >= 0.6 is 11.6 Å². The first-order valence-corrected chi connectivity index (χ1v) is 7.87. The third kappa shape index (κ3) is 6.12. The molecule has 2 amide bonds. The van der Waals surface area contributed by atoms with Gasteiger partial charge in [-0.3, -0.25) is 9.59 Å². The molecule has 0 heterocycles. The zero-order valence-electron chi connectivity index (χ0n) is 12.7. The highest BCUT2D eigenvalue weighted by molar-refractivity contribution is 6.30. The first-order chi connectivity index (χ1) is 11.1. The first kappa shape index (κ1) is 17.0. The molecule has 0 aliphatic rings. The average Bonchev–Trinajstić information content (AvgIpc) is 2.57. The Morgan fingerprint density at radius 2 is 1.74 bits per heavy atom. The standard InChI is InChI=1S/C18H19ClN2O2/c19-16-9-4-6-14(12-16)13-21-17(22)10-5-11-20-18(23)15-7-2-1-3-8-15/h1-4,6-9,12H,5,10-11,13H2,(H,20,23)(H,21,22). The minimum absolute atomic E-state index is 0.0427. The molecular formula is C18H19ClN2O2. The number of halogens is 1. The van der Waals surface area contributed by atoms with Crippen molar-refractivity contribution in [3.63, 3.8) is 0 Å². The van der Waals surface area contributed by atoms with Crippen molar-refractivity contribution in [3.05, 3.63) is 70.7 Å². The van der Waals surface area contributed by atoms with Crippen LogP contribution in [0, 0.1) is 0 Å². The molecular weight excluding hydrogens is 312 g/mol. The molecule has 0 aromatic heterocycles. The number of hydrogen-bond donors (Lipinski definition) is 2. The highest BCUT2D eigenvalue weighted by atomic mass is 35.5. The van der Waals surface area contributed by atoms with Crippen LogP contribution in [0.3, 0.4) is 0 Å². The molecule has 0 saturated heterocycles. The van der Waals surface area contributed by atoms with Gasteiger partial charge in [-0.15, -0.1) is 0 Å². The number of carbonyl (C=O) groups excluding carboxylic acids is 2. The molecule has 0 unspecified atom stereocenters. The molecule has 2 N–H and O–H groups in total. The van der Waals surface area contributed by atoms with Crippen LogP contribution in [0.15, 0.2) is 54.6 Å². The number of nitrogens with one attached hydrogen (secondary N) is 2. The number of carbonyl (C=O) groups is 2. The van der Waals surface area contributed by atoms with Crippen LogP contribution in [0.25, 0.3) is 0 Å². The highest BCUT2D eigenvalue weighted by Gasteiger charge is 2.05. The second kappa shape index (κ2) is 8.96. The fourth-order valence-electron chi connectivity index (χ4n) is 2.08. The summed E-state index contributed by atoms with van der Waals surface area (Å²) in [6.07, 6.45) is 0.968. The van der Waals surface area contributed by atoms with Crippen molar-refractivity contribution < 1.29 is 9.59 Å². The van der Waals surface area contributed by atoms with E-state index < -0.39 is 0 Å². The first-order valence-electron chi connectivity index (χ1n) is 7.49. The van der Waals surface area contributed by atoms with Gasteiger partial charge in [0, 0.05) is 30.1 Å². The SMILES string of the molecule is O=C(CCCNC(=O)c1ccccc1)NCc1cccc(Cl)c1. The predicted octanol–water partition coefficient (Wildman–Crippen LogP) is 3.17. The summed E-state index contributed by atoms with van der Waals surface area (Å²) in [5.41, 5.74) is 1.58. The Labute approximate surface area is 140 Å². The van der Waals surface area contributed by atoms with Crippen molar-refractivity contribution in [2.75, 3.05) is 6.54 Å². The van der Waals surface area contributed by atoms with Crippen LogP contribution in [-0.2, 0) is 11.3 Å². The summed E-state index contributed by atoms with van der Waals surface area (Å²) in [6.45, 7) is 0.925. The number of benzene rings is 2. The van der Waals surface area contributed by atoms with Gasteiger partial charge in [0.2, 0.25) is 5.91 Å². The Morgan fingerprint density at radius 1 is 0.957 bits per heavy atom. The summed E-state index contributed by atoms with van der Waals surface area (Å²) in [5, 5.41) is 6.29. The number of hydrogen-bond acceptors (Lipinski definition) is 2. The van der Waals surface area contributed by atoms with E-state index in [0.717, 1.165) is 5.56 Å². The summed E-state index contributed by atoms with van der Waals surface area (Å²) in [4.78, 5) is 23.6. The largest absolute Gasteiger partial charge is 0.352 e. The molecule has 4 nitrogen and oxygen atoms in total. The molecule has 2 aromatic rings. The van der Waals surface area contributed by atoms with Gasteiger partial charge >= 0.3 is 0 Å². The molecule has 5 heteroatoms. The van der Waals surface area contributed by atoms with E-state index in [1.54, 1.807) is 18.2 Å². The lowest BCUT2D eigenvalue weighted by atomic mass is 10.2. The molecule has 0 spiro atoms. The van der Waals surface area contributed by atoms with Crippen LogP contribution in [0.1, 0.15) is 28.8 Å². The van der Waals surface area contributed by atoms with Crippen LogP contribution in [0.5, 0.6) is 0 Å². The minimum atomic E-state index is -0.120. The topological polar surface area (TPSA) is 58.2 Å². The maximum atomic E-state index is 11.8. The Balaban J connectivity index is 1.62. The van der Waals surface area contributed by atoms with Gasteiger partial charge in [-0.2, -0.15) is 0 Å². The van der Waals surface area contributed by atoms with Gasteiger partial charge in [0.15, 0.2) is 0 Å². The molecule has 0 bridgehead atoms. The van der Waals surface area contributed by atoms with Gasteiger partial charge < -0.3 is 10.6 Å². The summed E-state index contributed by atoms with van der Waals surface area (Å²) >= 11 is 5.89. The Bertz CT molecular complexity index is 659. The summed E-state index contributed by atoms with van der Waals surface area (Å²) in [5.74, 6) is -0.163. The molecule has 23 heavy (non-hydrogen) atoms. The summed E-state index contributed by atoms with van der Waals surface area (Å²) in [6, 6.07) is 16.4. The van der Waals surface area contributed by atoms with Crippen molar-refractivity contribution in [2.24, 2.45) is 0 Å². The van der Waals surface area contributed by atoms with Crippen LogP contribution in [-0.4, -0.2) is 18.4 Å². The Hall–Kier alpha value is -2.33. The highest BCUT2D eigenvalue weighted by Crippen LogP contribution is 2.10. The predicted molar refractivity (Wildman–Crippen MR) is 91.3 cm³/mol. The van der Waals surface area contributed by atoms with Crippen molar-refractivity contribution in [1.82, 2.24) is 10.6 Å². The van der Waals surface area contributed by atoms with Crippen molar-refractivity contribution in [2.45, 2.75) is 19.4 Å². The van der Waals surface area contributed by atoms with Crippen molar-refractivity contribution >= 4 is 23.4 Å². The van der Waals surface area contributed by atoms with E-state index in [9.17, 15) is 9.59 Å². The summed E-state index contributed by atoms with van der Waals surface area (Å²) in [7, 11) is 0. The Kier molecular flexibility index (Phi) is 6.63. The van der Waals surface area contributed by atoms with Crippen molar-refractivity contribution in [3.8, 4) is 0 Å². The quantitative estimate of drug-likeness (QED) is 0.766. The fraction of sp³-hybridized carbons (Fsp3) is 0.222. The van der Waals surface area contributed by atoms with Crippen LogP contribution < -0.4 is 10.6 Å².